The molecule has 1 N–H and O–H groups in total. The Kier molecular flexibility index (Phi) is 4.61. The molecule has 0 saturated heterocycles. The molecule has 6 rings (SSSR count). The number of H-pyrrole nitrogens is 1. The van der Waals surface area contributed by atoms with Crippen LogP contribution in [0.4, 0.5) is 0 Å². The highest BCUT2D eigenvalue weighted by molar-refractivity contribution is 5.94. The van der Waals surface area contributed by atoms with Crippen molar-refractivity contribution in [1.29, 1.82) is 0 Å². The highest BCUT2D eigenvalue weighted by Crippen LogP contribution is 2.68. The van der Waals surface area contributed by atoms with E-state index in [1.807, 2.05) is 19.9 Å². The number of allylic oxidation sites excluding steroid dienone is 2. The third-order valence-electron chi connectivity index (χ3n) is 10.7. The van der Waals surface area contributed by atoms with Gasteiger partial charge in [0.2, 0.25) is 0 Å². The van der Waals surface area contributed by atoms with Crippen LogP contribution in [0.15, 0.2) is 35.9 Å². The smallest absolute Gasteiger partial charge is 0.303 e. The molecule has 1 heterocycles. The molecule has 0 amide bonds. The number of aromatic amines is 1. The van der Waals surface area contributed by atoms with Crippen LogP contribution >= 0.6 is 0 Å². The first kappa shape index (κ1) is 22.1. The Bertz CT molecular complexity index is 1230. The van der Waals surface area contributed by atoms with E-state index < -0.39 is 5.60 Å². The number of hydrogen-bond acceptors (Lipinski definition) is 3. The second-order valence-electron chi connectivity index (χ2n) is 12.4. The number of carbonyl (C=O) groups is 2. The van der Waals surface area contributed by atoms with Crippen molar-refractivity contribution in [2.24, 2.45) is 29.1 Å². The van der Waals surface area contributed by atoms with Crippen LogP contribution in [-0.4, -0.2) is 22.3 Å². The molecule has 2 fully saturated rings. The second kappa shape index (κ2) is 7.08. The summed E-state index contributed by atoms with van der Waals surface area (Å²) in [5.74, 6) is 1.09. The molecular weight excluding hydrogens is 422 g/mol. The van der Waals surface area contributed by atoms with E-state index in [0.717, 1.165) is 19.3 Å². The quantitative estimate of drug-likeness (QED) is 0.538. The fourth-order valence-electron chi connectivity index (χ4n) is 8.80. The number of ketones is 1. The van der Waals surface area contributed by atoms with Crippen LogP contribution in [0.1, 0.15) is 78.0 Å². The van der Waals surface area contributed by atoms with Gasteiger partial charge in [0.25, 0.3) is 0 Å². The molecule has 2 saturated carbocycles. The summed E-state index contributed by atoms with van der Waals surface area (Å²) in [6, 6.07) is 8.76. The Morgan fingerprint density at radius 1 is 1.15 bits per heavy atom. The predicted molar refractivity (Wildman–Crippen MR) is 133 cm³/mol. The highest BCUT2D eigenvalue weighted by Gasteiger charge is 2.63. The molecule has 1 aromatic carbocycles. The molecule has 180 valence electrons. The normalized spacial score (nSPS) is 36.9. The van der Waals surface area contributed by atoms with Crippen molar-refractivity contribution in [3.63, 3.8) is 0 Å². The van der Waals surface area contributed by atoms with Crippen LogP contribution in [0.5, 0.6) is 0 Å². The number of para-hydroxylation sites is 1. The number of fused-ring (bicyclic) bond motifs is 9. The SMILES string of the molecule is CC(=O)OC(C)(C)[C@H]1C[C@H]2CC[C@@]3(C)[C@@H](CC[C@H]4Cc5c([nH]c6ccccc56)[C@@]43C)C2=CC1=O. The summed E-state index contributed by atoms with van der Waals surface area (Å²) < 4.78 is 5.60. The maximum absolute atomic E-state index is 13.4. The first-order valence-corrected chi connectivity index (χ1v) is 13.1. The summed E-state index contributed by atoms with van der Waals surface area (Å²) in [4.78, 5) is 28.9. The summed E-state index contributed by atoms with van der Waals surface area (Å²) in [6.45, 7) is 10.3. The Labute approximate surface area is 202 Å². The fourth-order valence-corrected chi connectivity index (χ4v) is 8.80. The van der Waals surface area contributed by atoms with Crippen LogP contribution < -0.4 is 0 Å². The molecule has 0 spiro atoms. The summed E-state index contributed by atoms with van der Waals surface area (Å²) in [5, 5.41) is 1.39. The topological polar surface area (TPSA) is 59.2 Å². The number of benzene rings is 1. The molecular formula is C30H37NO3. The van der Waals surface area contributed by atoms with Crippen molar-refractivity contribution in [3.8, 4) is 0 Å². The first-order valence-electron chi connectivity index (χ1n) is 13.1. The Morgan fingerprint density at radius 2 is 1.91 bits per heavy atom. The van der Waals surface area contributed by atoms with Crippen LogP contribution in [0.25, 0.3) is 10.9 Å². The second-order valence-corrected chi connectivity index (χ2v) is 12.4. The van der Waals surface area contributed by atoms with E-state index in [1.54, 1.807) is 0 Å². The molecule has 4 nitrogen and oxygen atoms in total. The van der Waals surface area contributed by atoms with Gasteiger partial charge in [-0.25, -0.2) is 0 Å². The molecule has 2 aromatic rings. The van der Waals surface area contributed by atoms with Gasteiger partial charge in [0.05, 0.1) is 5.92 Å². The number of esters is 1. The molecule has 34 heavy (non-hydrogen) atoms. The lowest BCUT2D eigenvalue weighted by atomic mass is 9.43. The van der Waals surface area contributed by atoms with Gasteiger partial charge in [0, 0.05) is 28.9 Å². The van der Waals surface area contributed by atoms with E-state index in [2.05, 4.69) is 43.1 Å². The van der Waals surface area contributed by atoms with Gasteiger partial charge >= 0.3 is 5.97 Å². The van der Waals surface area contributed by atoms with Crippen molar-refractivity contribution in [2.45, 2.75) is 84.2 Å². The standard InChI is InChI=1S/C30H37NO3/c1-17(32)34-28(2,3)24-14-18-12-13-29(4)23(21(18)16-26(24)33)11-10-19-15-22-20-8-6-7-9-25(20)31-27(22)30(19,29)5/h6-9,16,18-19,23-24,31H,10-15H2,1-5H3/t18-,19+,23+,24+,29+,30-/m1/s1. The van der Waals surface area contributed by atoms with Crippen LogP contribution in [0.2, 0.25) is 0 Å². The minimum absolute atomic E-state index is 0.0903. The van der Waals surface area contributed by atoms with Gasteiger partial charge in [0.15, 0.2) is 5.78 Å². The third-order valence-corrected chi connectivity index (χ3v) is 10.7. The summed E-state index contributed by atoms with van der Waals surface area (Å²) in [6.07, 6.45) is 8.62. The molecule has 0 aliphatic heterocycles. The average molecular weight is 460 g/mol. The van der Waals surface area contributed by atoms with Crippen molar-refractivity contribution in [1.82, 2.24) is 4.98 Å². The zero-order chi connectivity index (χ0) is 24.0. The van der Waals surface area contributed by atoms with Crippen molar-refractivity contribution < 1.29 is 14.3 Å². The zero-order valence-corrected chi connectivity index (χ0v) is 21.2. The summed E-state index contributed by atoms with van der Waals surface area (Å²) >= 11 is 0. The van der Waals surface area contributed by atoms with Gasteiger partial charge in [-0.15, -0.1) is 0 Å². The molecule has 0 unspecified atom stereocenters. The van der Waals surface area contributed by atoms with Gasteiger partial charge in [-0.1, -0.05) is 37.6 Å². The number of hydrogen-bond donors (Lipinski definition) is 1. The molecule has 6 atom stereocenters. The number of aromatic nitrogens is 1. The summed E-state index contributed by atoms with van der Waals surface area (Å²) in [7, 11) is 0. The Hall–Kier alpha value is -2.36. The van der Waals surface area contributed by atoms with E-state index >= 15 is 0 Å². The van der Waals surface area contributed by atoms with E-state index in [4.69, 9.17) is 4.74 Å². The van der Waals surface area contributed by atoms with Gasteiger partial charge in [-0.2, -0.15) is 0 Å². The zero-order valence-electron chi connectivity index (χ0n) is 21.2. The fraction of sp³-hybridized carbons (Fsp3) is 0.600. The molecule has 4 aliphatic carbocycles. The van der Waals surface area contributed by atoms with E-state index in [1.165, 1.54) is 53.9 Å². The van der Waals surface area contributed by atoms with Crippen LogP contribution in [-0.2, 0) is 26.2 Å². The minimum Gasteiger partial charge on any atom is -0.459 e. The van der Waals surface area contributed by atoms with E-state index in [-0.39, 0.29) is 28.5 Å². The average Bonchev–Trinajstić information content (AvgIpc) is 3.27. The molecule has 0 bridgehead atoms. The lowest BCUT2D eigenvalue weighted by Crippen LogP contribution is -2.57. The minimum atomic E-state index is -0.764. The largest absolute Gasteiger partial charge is 0.459 e. The Balaban J connectivity index is 1.39. The monoisotopic (exact) mass is 459 g/mol. The van der Waals surface area contributed by atoms with Gasteiger partial charge in [-0.05, 0) is 93.2 Å². The molecule has 4 aliphatic rings. The van der Waals surface area contributed by atoms with Crippen LogP contribution in [0.3, 0.4) is 0 Å². The Morgan fingerprint density at radius 3 is 2.68 bits per heavy atom. The van der Waals surface area contributed by atoms with Gasteiger partial charge < -0.3 is 9.72 Å². The maximum atomic E-state index is 13.4. The maximum Gasteiger partial charge on any atom is 0.303 e. The number of rotatable bonds is 2. The number of nitrogens with one attached hydrogen (secondary N) is 1. The predicted octanol–water partition coefficient (Wildman–Crippen LogP) is 6.28. The molecule has 1 aromatic heterocycles. The lowest BCUT2D eigenvalue weighted by Gasteiger charge is -2.61. The van der Waals surface area contributed by atoms with Crippen molar-refractivity contribution >= 4 is 22.7 Å². The van der Waals surface area contributed by atoms with Crippen molar-refractivity contribution in [2.75, 3.05) is 0 Å². The number of carbonyl (C=O) groups excluding carboxylic acids is 2. The van der Waals surface area contributed by atoms with Gasteiger partial charge in [-0.3, -0.25) is 9.59 Å². The first-order chi connectivity index (χ1) is 16.1. The lowest BCUT2D eigenvalue weighted by molar-refractivity contribution is -0.162. The van der Waals surface area contributed by atoms with E-state index in [9.17, 15) is 9.59 Å². The third kappa shape index (κ3) is 2.77. The van der Waals surface area contributed by atoms with Crippen molar-refractivity contribution in [3.05, 3.63) is 47.2 Å². The number of ether oxygens (including phenoxy) is 1. The summed E-state index contributed by atoms with van der Waals surface area (Å²) in [5.41, 5.74) is 5.09. The molecule has 0 radical (unpaired) electrons. The van der Waals surface area contributed by atoms with E-state index in [0.29, 0.717) is 17.8 Å². The molecule has 4 heteroatoms. The van der Waals surface area contributed by atoms with Crippen LogP contribution in [0, 0.1) is 29.1 Å². The highest BCUT2D eigenvalue weighted by atomic mass is 16.6. The van der Waals surface area contributed by atoms with Gasteiger partial charge in [0.1, 0.15) is 5.60 Å².